The number of hydrogen-bond acceptors (Lipinski definition) is 3. The summed E-state index contributed by atoms with van der Waals surface area (Å²) in [6.45, 7) is 2.13. The van der Waals surface area contributed by atoms with Crippen LogP contribution in [0.4, 0.5) is 0 Å². The fourth-order valence-corrected chi connectivity index (χ4v) is 3.67. The smallest absolute Gasteiger partial charge is 0.161 e. The Kier molecular flexibility index (Phi) is 4.68. The lowest BCUT2D eigenvalue weighted by atomic mass is 9.96. The molecule has 4 rings (SSSR count). The summed E-state index contributed by atoms with van der Waals surface area (Å²) in [6.07, 6.45) is 3.71. The molecule has 0 fully saturated rings. The van der Waals surface area contributed by atoms with Gasteiger partial charge in [-0.1, -0.05) is 49.4 Å². The molecule has 0 N–H and O–H groups in total. The standard InChI is InChI=1S/C24H23NO2/c1-4-22-21-14-24(27-3)23(26-2)13-20(21)19(15-25-22)12-16-9-10-17-7-5-6-8-18(17)11-16/h5-11,13-15H,4,12H2,1-3H3. The van der Waals surface area contributed by atoms with Crippen LogP contribution in [0.25, 0.3) is 21.5 Å². The van der Waals surface area contributed by atoms with E-state index in [0.717, 1.165) is 35.4 Å². The van der Waals surface area contributed by atoms with Crippen LogP contribution in [0.1, 0.15) is 23.7 Å². The third kappa shape index (κ3) is 3.21. The number of methoxy groups -OCH3 is 2. The van der Waals surface area contributed by atoms with Crippen molar-refractivity contribution in [3.05, 3.63) is 77.6 Å². The van der Waals surface area contributed by atoms with Gasteiger partial charge < -0.3 is 9.47 Å². The van der Waals surface area contributed by atoms with Crippen LogP contribution in [-0.4, -0.2) is 19.2 Å². The number of aromatic nitrogens is 1. The van der Waals surface area contributed by atoms with Gasteiger partial charge in [-0.2, -0.15) is 0 Å². The van der Waals surface area contributed by atoms with Crippen LogP contribution in [0.3, 0.4) is 0 Å². The van der Waals surface area contributed by atoms with Crippen molar-refractivity contribution in [3.63, 3.8) is 0 Å². The Morgan fingerprint density at radius 2 is 1.52 bits per heavy atom. The van der Waals surface area contributed by atoms with Crippen LogP contribution in [-0.2, 0) is 12.8 Å². The highest BCUT2D eigenvalue weighted by Crippen LogP contribution is 2.35. The second-order valence-electron chi connectivity index (χ2n) is 6.69. The van der Waals surface area contributed by atoms with Gasteiger partial charge in [-0.15, -0.1) is 0 Å². The van der Waals surface area contributed by atoms with Gasteiger partial charge in [-0.25, -0.2) is 0 Å². The van der Waals surface area contributed by atoms with E-state index in [-0.39, 0.29) is 0 Å². The van der Waals surface area contributed by atoms with Crippen molar-refractivity contribution in [1.29, 1.82) is 0 Å². The molecule has 1 aromatic heterocycles. The third-order valence-corrected chi connectivity index (χ3v) is 5.10. The van der Waals surface area contributed by atoms with E-state index in [9.17, 15) is 0 Å². The Hall–Kier alpha value is -3.07. The highest BCUT2D eigenvalue weighted by Gasteiger charge is 2.13. The molecule has 0 saturated carbocycles. The Bertz CT molecular complexity index is 1120. The Morgan fingerprint density at radius 3 is 2.22 bits per heavy atom. The van der Waals surface area contributed by atoms with Gasteiger partial charge in [0.2, 0.25) is 0 Å². The topological polar surface area (TPSA) is 31.4 Å². The van der Waals surface area contributed by atoms with Crippen molar-refractivity contribution in [1.82, 2.24) is 4.98 Å². The lowest BCUT2D eigenvalue weighted by molar-refractivity contribution is 0.356. The number of hydrogen-bond donors (Lipinski definition) is 0. The molecular weight excluding hydrogens is 334 g/mol. The predicted molar refractivity (Wildman–Crippen MR) is 111 cm³/mol. The van der Waals surface area contributed by atoms with Gasteiger partial charge in [0.05, 0.1) is 14.2 Å². The summed E-state index contributed by atoms with van der Waals surface area (Å²) in [5.74, 6) is 1.49. The zero-order valence-corrected chi connectivity index (χ0v) is 16.0. The van der Waals surface area contributed by atoms with Gasteiger partial charge in [-0.05, 0) is 52.3 Å². The molecule has 0 aliphatic heterocycles. The summed E-state index contributed by atoms with van der Waals surface area (Å²) in [6, 6.07) is 19.2. The average Bonchev–Trinajstić information content (AvgIpc) is 2.72. The van der Waals surface area contributed by atoms with E-state index in [1.807, 2.05) is 12.3 Å². The molecule has 0 spiro atoms. The first kappa shape index (κ1) is 17.3. The van der Waals surface area contributed by atoms with E-state index in [2.05, 4.69) is 55.5 Å². The molecule has 136 valence electrons. The fraction of sp³-hybridized carbons (Fsp3) is 0.208. The summed E-state index contributed by atoms with van der Waals surface area (Å²) >= 11 is 0. The van der Waals surface area contributed by atoms with E-state index in [1.54, 1.807) is 14.2 Å². The quantitative estimate of drug-likeness (QED) is 0.469. The molecule has 0 aliphatic rings. The molecule has 0 amide bonds. The highest BCUT2D eigenvalue weighted by atomic mass is 16.5. The summed E-state index contributed by atoms with van der Waals surface area (Å²) < 4.78 is 11.0. The van der Waals surface area contributed by atoms with Crippen LogP contribution in [0, 0.1) is 0 Å². The Balaban J connectivity index is 1.84. The minimum absolute atomic E-state index is 0.740. The van der Waals surface area contributed by atoms with Gasteiger partial charge in [0.15, 0.2) is 11.5 Å². The normalized spacial score (nSPS) is 11.1. The number of rotatable bonds is 5. The van der Waals surface area contributed by atoms with Crippen LogP contribution in [0.15, 0.2) is 60.8 Å². The van der Waals surface area contributed by atoms with Gasteiger partial charge in [-0.3, -0.25) is 4.98 Å². The monoisotopic (exact) mass is 357 g/mol. The van der Waals surface area contributed by atoms with Crippen molar-refractivity contribution in [2.45, 2.75) is 19.8 Å². The van der Waals surface area contributed by atoms with E-state index in [4.69, 9.17) is 14.5 Å². The van der Waals surface area contributed by atoms with Crippen LogP contribution >= 0.6 is 0 Å². The second kappa shape index (κ2) is 7.28. The van der Waals surface area contributed by atoms with E-state index >= 15 is 0 Å². The predicted octanol–water partition coefficient (Wildman–Crippen LogP) is 5.56. The summed E-state index contributed by atoms with van der Waals surface area (Å²) in [4.78, 5) is 4.72. The van der Waals surface area contributed by atoms with Crippen LogP contribution in [0.2, 0.25) is 0 Å². The molecule has 1 heterocycles. The molecule has 0 atom stereocenters. The van der Waals surface area contributed by atoms with Gasteiger partial charge in [0.25, 0.3) is 0 Å². The fourth-order valence-electron chi connectivity index (χ4n) is 3.67. The van der Waals surface area contributed by atoms with Gasteiger partial charge in [0, 0.05) is 17.3 Å². The highest BCUT2D eigenvalue weighted by molar-refractivity contribution is 5.91. The maximum atomic E-state index is 5.54. The number of nitrogens with zero attached hydrogens (tertiary/aromatic N) is 1. The van der Waals surface area contributed by atoms with Gasteiger partial charge in [0.1, 0.15) is 0 Å². The number of benzene rings is 3. The third-order valence-electron chi connectivity index (χ3n) is 5.10. The molecule has 3 heteroatoms. The molecule has 0 unspecified atom stereocenters. The largest absolute Gasteiger partial charge is 0.493 e. The van der Waals surface area contributed by atoms with Crippen LogP contribution in [0.5, 0.6) is 11.5 Å². The molecule has 0 saturated heterocycles. The first-order chi connectivity index (χ1) is 13.2. The number of pyridine rings is 1. The van der Waals surface area contributed by atoms with Gasteiger partial charge >= 0.3 is 0 Å². The molecule has 4 aromatic rings. The second-order valence-corrected chi connectivity index (χ2v) is 6.69. The molecule has 0 bridgehead atoms. The molecular formula is C24H23NO2. The zero-order valence-electron chi connectivity index (χ0n) is 16.0. The molecule has 27 heavy (non-hydrogen) atoms. The van der Waals surface area contributed by atoms with Crippen molar-refractivity contribution < 1.29 is 9.47 Å². The lowest BCUT2D eigenvalue weighted by Gasteiger charge is -2.14. The summed E-state index contributed by atoms with van der Waals surface area (Å²) in [5, 5.41) is 4.83. The summed E-state index contributed by atoms with van der Waals surface area (Å²) in [5.41, 5.74) is 3.54. The SMILES string of the molecule is CCc1ncc(Cc2ccc3ccccc3c2)c2cc(OC)c(OC)cc12. The van der Waals surface area contributed by atoms with Crippen molar-refractivity contribution in [2.75, 3.05) is 14.2 Å². The summed E-state index contributed by atoms with van der Waals surface area (Å²) in [7, 11) is 3.34. The van der Waals surface area contributed by atoms with E-state index < -0.39 is 0 Å². The molecule has 3 nitrogen and oxygen atoms in total. The first-order valence-electron chi connectivity index (χ1n) is 9.23. The van der Waals surface area contributed by atoms with Crippen LogP contribution < -0.4 is 9.47 Å². The number of ether oxygens (including phenoxy) is 2. The van der Waals surface area contributed by atoms with Crippen molar-refractivity contribution in [3.8, 4) is 11.5 Å². The lowest BCUT2D eigenvalue weighted by Crippen LogP contribution is -1.99. The van der Waals surface area contributed by atoms with Crippen molar-refractivity contribution in [2.24, 2.45) is 0 Å². The number of fused-ring (bicyclic) bond motifs is 2. The van der Waals surface area contributed by atoms with E-state index in [1.165, 1.54) is 27.3 Å². The maximum absolute atomic E-state index is 5.54. The first-order valence-corrected chi connectivity index (χ1v) is 9.23. The maximum Gasteiger partial charge on any atom is 0.161 e. The Labute approximate surface area is 159 Å². The molecule has 0 aliphatic carbocycles. The van der Waals surface area contributed by atoms with Crippen molar-refractivity contribution >= 4 is 21.5 Å². The van der Waals surface area contributed by atoms with E-state index in [0.29, 0.717) is 0 Å². The minimum atomic E-state index is 0.740. The Morgan fingerprint density at radius 1 is 0.815 bits per heavy atom. The molecule has 3 aromatic carbocycles. The molecule has 0 radical (unpaired) electrons. The number of aryl methyl sites for hydroxylation is 1. The minimum Gasteiger partial charge on any atom is -0.493 e. The zero-order chi connectivity index (χ0) is 18.8. The average molecular weight is 357 g/mol.